The van der Waals surface area contributed by atoms with Crippen LogP contribution in [0.5, 0.6) is 5.75 Å². The Bertz CT molecular complexity index is 879. The first kappa shape index (κ1) is 16.6. The Morgan fingerprint density at radius 1 is 0.880 bits per heavy atom. The third-order valence-electron chi connectivity index (χ3n) is 3.50. The summed E-state index contributed by atoms with van der Waals surface area (Å²) in [4.78, 5) is 10.2. The van der Waals surface area contributed by atoms with Gasteiger partial charge in [0.1, 0.15) is 5.75 Å². The van der Waals surface area contributed by atoms with Crippen LogP contribution in [0.2, 0.25) is 0 Å². The first-order chi connectivity index (χ1) is 12.1. The molecule has 0 aliphatic rings. The lowest BCUT2D eigenvalue weighted by Gasteiger charge is -2.10. The molecule has 0 amide bonds. The maximum absolute atomic E-state index is 10.6. The number of nitrogens with zero attached hydrogens (tertiary/aromatic N) is 1. The van der Waals surface area contributed by atoms with E-state index in [1.54, 1.807) is 12.1 Å². The summed E-state index contributed by atoms with van der Waals surface area (Å²) in [5.41, 5.74) is 2.85. The van der Waals surface area contributed by atoms with Crippen molar-refractivity contribution in [3.05, 3.63) is 89.0 Å². The largest absolute Gasteiger partial charge is 0.432 e. The molecule has 1 N–H and O–H groups in total. The van der Waals surface area contributed by atoms with Crippen LogP contribution >= 0.6 is 12.2 Å². The fraction of sp³-hybridized carbons (Fsp3) is 0. The maximum atomic E-state index is 10.6. The Morgan fingerprint density at radius 3 is 2.08 bits per heavy atom. The van der Waals surface area contributed by atoms with Crippen molar-refractivity contribution in [3.8, 4) is 16.9 Å². The van der Waals surface area contributed by atoms with Gasteiger partial charge in [0.25, 0.3) is 10.9 Å². The van der Waals surface area contributed by atoms with Crippen LogP contribution in [0.25, 0.3) is 11.1 Å². The van der Waals surface area contributed by atoms with Crippen LogP contribution in [0, 0.1) is 10.1 Å². The summed E-state index contributed by atoms with van der Waals surface area (Å²) in [7, 11) is 0. The lowest BCUT2D eigenvalue weighted by atomic mass is 10.1. The second-order valence-corrected chi connectivity index (χ2v) is 5.58. The van der Waals surface area contributed by atoms with Gasteiger partial charge in [-0.15, -0.1) is 0 Å². The zero-order chi connectivity index (χ0) is 17.6. The van der Waals surface area contributed by atoms with Gasteiger partial charge in [-0.3, -0.25) is 10.1 Å². The molecule has 0 fully saturated rings. The molecule has 0 aliphatic heterocycles. The normalized spacial score (nSPS) is 10.1. The van der Waals surface area contributed by atoms with Gasteiger partial charge in [0.05, 0.1) is 4.92 Å². The summed E-state index contributed by atoms with van der Waals surface area (Å²) >= 11 is 5.16. The van der Waals surface area contributed by atoms with Crippen LogP contribution < -0.4 is 10.1 Å². The number of nitrogens with one attached hydrogen (secondary N) is 1. The van der Waals surface area contributed by atoms with Crippen LogP contribution in [0.15, 0.2) is 78.9 Å². The molecular formula is C19H14N2O3S. The summed E-state index contributed by atoms with van der Waals surface area (Å²) in [5.74, 6) is 0.610. The minimum Gasteiger partial charge on any atom is -0.432 e. The minimum absolute atomic E-state index is 0.0221. The smallest absolute Gasteiger partial charge is 0.269 e. The molecule has 0 aliphatic carbocycles. The predicted octanol–water partition coefficient (Wildman–Crippen LogP) is 5.04. The molecule has 0 aromatic heterocycles. The van der Waals surface area contributed by atoms with E-state index in [9.17, 15) is 10.1 Å². The molecule has 0 saturated heterocycles. The minimum atomic E-state index is -0.451. The number of nitro groups is 1. The highest BCUT2D eigenvalue weighted by Gasteiger charge is 2.06. The number of non-ortho nitro benzene ring substituents is 1. The van der Waals surface area contributed by atoms with E-state index < -0.39 is 4.92 Å². The summed E-state index contributed by atoms with van der Waals surface area (Å²) in [5, 5.41) is 13.7. The van der Waals surface area contributed by atoms with E-state index >= 15 is 0 Å². The fourth-order valence-corrected chi connectivity index (χ4v) is 2.48. The lowest BCUT2D eigenvalue weighted by molar-refractivity contribution is -0.384. The molecule has 0 radical (unpaired) electrons. The first-order valence-electron chi connectivity index (χ1n) is 7.50. The van der Waals surface area contributed by atoms with Crippen molar-refractivity contribution in [1.29, 1.82) is 0 Å². The zero-order valence-corrected chi connectivity index (χ0v) is 13.9. The van der Waals surface area contributed by atoms with E-state index in [-0.39, 0.29) is 10.9 Å². The Kier molecular flexibility index (Phi) is 5.01. The third kappa shape index (κ3) is 4.39. The third-order valence-corrected chi connectivity index (χ3v) is 3.68. The number of nitro benzene ring substituents is 1. The average molecular weight is 350 g/mol. The van der Waals surface area contributed by atoms with Gasteiger partial charge in [0.2, 0.25) is 0 Å². The second kappa shape index (κ2) is 7.55. The van der Waals surface area contributed by atoms with Crippen LogP contribution in [-0.4, -0.2) is 10.1 Å². The van der Waals surface area contributed by atoms with Gasteiger partial charge >= 0.3 is 0 Å². The molecule has 3 aromatic carbocycles. The number of rotatable bonds is 4. The number of hydrogen-bond acceptors (Lipinski definition) is 4. The highest BCUT2D eigenvalue weighted by atomic mass is 32.1. The molecule has 0 unspecified atom stereocenters. The first-order valence-corrected chi connectivity index (χ1v) is 7.91. The van der Waals surface area contributed by atoms with Crippen molar-refractivity contribution < 1.29 is 9.66 Å². The number of ether oxygens (including phenoxy) is 1. The Balaban J connectivity index is 1.62. The van der Waals surface area contributed by atoms with Gasteiger partial charge in [0, 0.05) is 17.8 Å². The SMILES string of the molecule is O=[N+]([O-])c1ccc(NC(=S)Oc2ccc(-c3ccccc3)cc2)cc1. The monoisotopic (exact) mass is 350 g/mol. The second-order valence-electron chi connectivity index (χ2n) is 5.21. The van der Waals surface area contributed by atoms with Gasteiger partial charge in [-0.2, -0.15) is 0 Å². The topological polar surface area (TPSA) is 64.4 Å². The van der Waals surface area contributed by atoms with Crippen LogP contribution in [0.3, 0.4) is 0 Å². The quantitative estimate of drug-likeness (QED) is 0.406. The molecule has 0 heterocycles. The highest BCUT2D eigenvalue weighted by Crippen LogP contribution is 2.22. The molecule has 3 aromatic rings. The van der Waals surface area contributed by atoms with Gasteiger partial charge in [-0.1, -0.05) is 42.5 Å². The van der Waals surface area contributed by atoms with E-state index in [1.807, 2.05) is 54.6 Å². The van der Waals surface area contributed by atoms with E-state index in [0.29, 0.717) is 11.4 Å². The maximum Gasteiger partial charge on any atom is 0.269 e. The molecule has 5 nitrogen and oxygen atoms in total. The zero-order valence-electron chi connectivity index (χ0n) is 13.1. The van der Waals surface area contributed by atoms with E-state index in [0.717, 1.165) is 11.1 Å². The summed E-state index contributed by atoms with van der Waals surface area (Å²) in [6, 6.07) is 23.6. The summed E-state index contributed by atoms with van der Waals surface area (Å²) in [6.45, 7) is 0. The van der Waals surface area contributed by atoms with Crippen LogP contribution in [-0.2, 0) is 0 Å². The van der Waals surface area contributed by atoms with Crippen LogP contribution in [0.1, 0.15) is 0 Å². The summed E-state index contributed by atoms with van der Waals surface area (Å²) < 4.78 is 5.57. The standard InChI is InChI=1S/C19H14N2O3S/c22-21(23)17-10-8-16(9-11-17)20-19(25)24-18-12-6-15(7-13-18)14-4-2-1-3-5-14/h1-13H,(H,20,25). The van der Waals surface area contributed by atoms with Crippen molar-refractivity contribution in [1.82, 2.24) is 0 Å². The van der Waals surface area contributed by atoms with E-state index in [4.69, 9.17) is 17.0 Å². The van der Waals surface area contributed by atoms with Crippen molar-refractivity contribution in [2.45, 2.75) is 0 Å². The van der Waals surface area contributed by atoms with E-state index in [2.05, 4.69) is 5.32 Å². The van der Waals surface area contributed by atoms with Gasteiger partial charge < -0.3 is 10.1 Å². The van der Waals surface area contributed by atoms with Gasteiger partial charge in [-0.05, 0) is 47.6 Å². The molecular weight excluding hydrogens is 336 g/mol. The molecule has 0 bridgehead atoms. The predicted molar refractivity (Wildman–Crippen MR) is 102 cm³/mol. The number of thiocarbonyl (C=S) groups is 1. The molecule has 124 valence electrons. The van der Waals surface area contributed by atoms with E-state index in [1.165, 1.54) is 12.1 Å². The molecule has 0 atom stereocenters. The summed E-state index contributed by atoms with van der Waals surface area (Å²) in [6.07, 6.45) is 0. The lowest BCUT2D eigenvalue weighted by Crippen LogP contribution is -2.16. The molecule has 0 spiro atoms. The molecule has 6 heteroatoms. The number of benzene rings is 3. The van der Waals surface area contributed by atoms with Gasteiger partial charge in [-0.25, -0.2) is 0 Å². The van der Waals surface area contributed by atoms with Crippen molar-refractivity contribution in [2.75, 3.05) is 5.32 Å². The number of hydrogen-bond donors (Lipinski definition) is 1. The molecule has 25 heavy (non-hydrogen) atoms. The average Bonchev–Trinajstić information content (AvgIpc) is 2.63. The van der Waals surface area contributed by atoms with Crippen molar-refractivity contribution in [2.24, 2.45) is 0 Å². The van der Waals surface area contributed by atoms with Crippen LogP contribution in [0.4, 0.5) is 11.4 Å². The highest BCUT2D eigenvalue weighted by molar-refractivity contribution is 7.80. The van der Waals surface area contributed by atoms with Crippen molar-refractivity contribution in [3.63, 3.8) is 0 Å². The molecule has 3 rings (SSSR count). The fourth-order valence-electron chi connectivity index (χ4n) is 2.26. The van der Waals surface area contributed by atoms with Crippen molar-refractivity contribution >= 4 is 28.8 Å². The molecule has 0 saturated carbocycles. The Morgan fingerprint density at radius 2 is 1.48 bits per heavy atom. The van der Waals surface area contributed by atoms with Gasteiger partial charge in [0.15, 0.2) is 0 Å². The Labute approximate surface area is 150 Å². The Hall–Kier alpha value is -3.25. The number of anilines is 1.